The molecule has 0 aromatic heterocycles. The van der Waals surface area contributed by atoms with Gasteiger partial charge in [-0.25, -0.2) is 0 Å². The molecule has 90 valence electrons. The van der Waals surface area contributed by atoms with E-state index in [1.807, 2.05) is 12.3 Å². The van der Waals surface area contributed by atoms with E-state index < -0.39 is 0 Å². The average molecular weight is 229 g/mol. The van der Waals surface area contributed by atoms with Crippen molar-refractivity contribution in [2.75, 3.05) is 19.6 Å². The topological polar surface area (TPSA) is 12.5 Å². The van der Waals surface area contributed by atoms with Gasteiger partial charge in [0.25, 0.3) is 0 Å². The summed E-state index contributed by atoms with van der Waals surface area (Å²) in [5.41, 5.74) is 1.33. The third-order valence-corrected chi connectivity index (χ3v) is 3.73. The number of para-hydroxylation sites is 1. The number of hydrogen-bond donors (Lipinski definition) is 0. The Kier molecular flexibility index (Phi) is 3.14. The van der Waals surface area contributed by atoms with E-state index in [-0.39, 0.29) is 0 Å². The summed E-state index contributed by atoms with van der Waals surface area (Å²) in [6.07, 6.45) is 8.15. The number of nitrogens with zero attached hydrogens (tertiary/aromatic N) is 1. The van der Waals surface area contributed by atoms with Crippen LogP contribution in [0.25, 0.3) is 0 Å². The van der Waals surface area contributed by atoms with E-state index >= 15 is 0 Å². The minimum atomic E-state index is 0.498. The molecule has 2 heteroatoms. The van der Waals surface area contributed by atoms with E-state index in [1.165, 1.54) is 37.9 Å². The number of rotatable bonds is 2. The number of hydrogen-bond acceptors (Lipinski definition) is 2. The van der Waals surface area contributed by atoms with Gasteiger partial charge in [0, 0.05) is 18.0 Å². The lowest BCUT2D eigenvalue weighted by atomic mass is 9.95. The van der Waals surface area contributed by atoms with Crippen molar-refractivity contribution in [3.05, 3.63) is 42.2 Å². The maximum absolute atomic E-state index is 5.54. The fraction of sp³-hybridized carbons (Fsp3) is 0.467. The molecule has 2 nitrogen and oxygen atoms in total. The molecule has 0 N–H and O–H groups in total. The van der Waals surface area contributed by atoms with Crippen molar-refractivity contribution in [1.29, 1.82) is 0 Å². The van der Waals surface area contributed by atoms with Crippen LogP contribution in [0.3, 0.4) is 0 Å². The van der Waals surface area contributed by atoms with Gasteiger partial charge in [0.2, 0.25) is 0 Å². The summed E-state index contributed by atoms with van der Waals surface area (Å²) < 4.78 is 5.54. The Morgan fingerprint density at radius 3 is 2.82 bits per heavy atom. The fourth-order valence-corrected chi connectivity index (χ4v) is 2.78. The van der Waals surface area contributed by atoms with Crippen molar-refractivity contribution in [2.24, 2.45) is 0 Å². The van der Waals surface area contributed by atoms with Crippen LogP contribution in [0.2, 0.25) is 0 Å². The summed E-state index contributed by atoms with van der Waals surface area (Å²) in [5.74, 6) is 1.52. The normalized spacial score (nSPS) is 24.1. The highest BCUT2D eigenvalue weighted by Gasteiger charge is 2.20. The first-order valence-corrected chi connectivity index (χ1v) is 6.58. The van der Waals surface area contributed by atoms with Gasteiger partial charge in [-0.1, -0.05) is 24.6 Å². The predicted molar refractivity (Wildman–Crippen MR) is 69.2 cm³/mol. The molecule has 0 amide bonds. The van der Waals surface area contributed by atoms with Crippen molar-refractivity contribution in [1.82, 2.24) is 4.90 Å². The number of likely N-dealkylation sites (tertiary alicyclic amines) is 1. The highest BCUT2D eigenvalue weighted by molar-refractivity contribution is 5.41. The molecule has 2 aliphatic rings. The first-order valence-electron chi connectivity index (χ1n) is 6.58. The molecular weight excluding hydrogens is 210 g/mol. The Bertz CT molecular complexity index is 407. The third-order valence-electron chi connectivity index (χ3n) is 3.73. The Labute approximate surface area is 103 Å². The average Bonchev–Trinajstić information content (AvgIpc) is 2.40. The second-order valence-electron chi connectivity index (χ2n) is 4.95. The van der Waals surface area contributed by atoms with Crippen LogP contribution < -0.4 is 4.74 Å². The standard InChI is InChI=1S/C15H19NO/c1-4-9-16(10-5-1)12-13-8-11-17-15-7-3-2-6-14(13)15/h2-3,6-8,11,13H,1,4-5,9-10,12H2. The van der Waals surface area contributed by atoms with Crippen molar-refractivity contribution in [3.8, 4) is 5.75 Å². The molecule has 17 heavy (non-hydrogen) atoms. The van der Waals surface area contributed by atoms with Crippen LogP contribution in [0.15, 0.2) is 36.6 Å². The monoisotopic (exact) mass is 229 g/mol. The van der Waals surface area contributed by atoms with Crippen LogP contribution in [0, 0.1) is 0 Å². The summed E-state index contributed by atoms with van der Waals surface area (Å²) in [5, 5.41) is 0. The van der Waals surface area contributed by atoms with Gasteiger partial charge in [-0.15, -0.1) is 0 Å². The molecule has 1 saturated heterocycles. The van der Waals surface area contributed by atoms with Crippen LogP contribution in [-0.2, 0) is 0 Å². The third kappa shape index (κ3) is 2.37. The lowest BCUT2D eigenvalue weighted by molar-refractivity contribution is 0.221. The number of fused-ring (bicyclic) bond motifs is 1. The lowest BCUT2D eigenvalue weighted by Gasteiger charge is -2.31. The molecule has 1 unspecified atom stereocenters. The molecule has 1 aromatic rings. The van der Waals surface area contributed by atoms with Crippen LogP contribution in [-0.4, -0.2) is 24.5 Å². The zero-order chi connectivity index (χ0) is 11.5. The zero-order valence-electron chi connectivity index (χ0n) is 10.1. The number of piperidine rings is 1. The van der Waals surface area contributed by atoms with E-state index in [4.69, 9.17) is 4.74 Å². The van der Waals surface area contributed by atoms with Crippen molar-refractivity contribution in [3.63, 3.8) is 0 Å². The van der Waals surface area contributed by atoms with Crippen LogP contribution in [0.1, 0.15) is 30.7 Å². The number of ether oxygens (including phenoxy) is 1. The van der Waals surface area contributed by atoms with Gasteiger partial charge in [0.15, 0.2) is 0 Å². The molecular formula is C15H19NO. The second kappa shape index (κ2) is 4.92. The van der Waals surface area contributed by atoms with Crippen molar-refractivity contribution in [2.45, 2.75) is 25.2 Å². The summed E-state index contributed by atoms with van der Waals surface area (Å²) in [6, 6.07) is 8.38. The summed E-state index contributed by atoms with van der Waals surface area (Å²) in [7, 11) is 0. The zero-order valence-corrected chi connectivity index (χ0v) is 10.1. The predicted octanol–water partition coefficient (Wildman–Crippen LogP) is 3.16. The molecule has 0 bridgehead atoms. The van der Waals surface area contributed by atoms with E-state index in [0.717, 1.165) is 12.3 Å². The quantitative estimate of drug-likeness (QED) is 0.772. The lowest BCUT2D eigenvalue weighted by Crippen LogP contribution is -2.33. The summed E-state index contributed by atoms with van der Waals surface area (Å²) in [4.78, 5) is 2.58. The highest BCUT2D eigenvalue weighted by atomic mass is 16.5. The minimum Gasteiger partial charge on any atom is -0.465 e. The first kappa shape index (κ1) is 10.8. The molecule has 0 spiro atoms. The molecule has 1 atom stereocenters. The molecule has 1 fully saturated rings. The van der Waals surface area contributed by atoms with Gasteiger partial charge in [0.1, 0.15) is 5.75 Å². The number of benzene rings is 1. The SMILES string of the molecule is C1=CC(CN2CCCCC2)c2ccccc2O1. The Morgan fingerprint density at radius 2 is 1.94 bits per heavy atom. The van der Waals surface area contributed by atoms with E-state index in [1.54, 1.807) is 0 Å². The van der Waals surface area contributed by atoms with Crippen molar-refractivity contribution < 1.29 is 4.74 Å². The molecule has 0 radical (unpaired) electrons. The maximum atomic E-state index is 5.54. The van der Waals surface area contributed by atoms with Crippen LogP contribution in [0.4, 0.5) is 0 Å². The van der Waals surface area contributed by atoms with Crippen molar-refractivity contribution >= 4 is 0 Å². The van der Waals surface area contributed by atoms with Crippen LogP contribution >= 0.6 is 0 Å². The van der Waals surface area contributed by atoms with Gasteiger partial charge in [-0.2, -0.15) is 0 Å². The van der Waals surface area contributed by atoms with Gasteiger partial charge in [0.05, 0.1) is 6.26 Å². The molecule has 0 saturated carbocycles. The van der Waals surface area contributed by atoms with Gasteiger partial charge < -0.3 is 9.64 Å². The molecule has 3 rings (SSSR count). The largest absolute Gasteiger partial charge is 0.465 e. The molecule has 2 heterocycles. The Balaban J connectivity index is 1.74. The highest BCUT2D eigenvalue weighted by Crippen LogP contribution is 2.32. The first-order chi connectivity index (χ1) is 8.43. The Morgan fingerprint density at radius 1 is 1.12 bits per heavy atom. The minimum absolute atomic E-state index is 0.498. The summed E-state index contributed by atoms with van der Waals surface area (Å²) in [6.45, 7) is 3.65. The fourth-order valence-electron chi connectivity index (χ4n) is 2.78. The smallest absolute Gasteiger partial charge is 0.130 e. The maximum Gasteiger partial charge on any atom is 0.130 e. The molecule has 2 aliphatic heterocycles. The van der Waals surface area contributed by atoms with E-state index in [2.05, 4.69) is 29.2 Å². The summed E-state index contributed by atoms with van der Waals surface area (Å²) >= 11 is 0. The van der Waals surface area contributed by atoms with E-state index in [9.17, 15) is 0 Å². The second-order valence-corrected chi connectivity index (χ2v) is 4.95. The molecule has 1 aromatic carbocycles. The van der Waals surface area contributed by atoms with Gasteiger partial charge >= 0.3 is 0 Å². The van der Waals surface area contributed by atoms with Crippen LogP contribution in [0.5, 0.6) is 5.75 Å². The van der Waals surface area contributed by atoms with E-state index in [0.29, 0.717) is 5.92 Å². The van der Waals surface area contributed by atoms with Gasteiger partial charge in [-0.05, 0) is 38.1 Å². The van der Waals surface area contributed by atoms with Gasteiger partial charge in [-0.3, -0.25) is 0 Å². The molecule has 0 aliphatic carbocycles. The Hall–Kier alpha value is -1.28.